The van der Waals surface area contributed by atoms with Gasteiger partial charge in [-0.15, -0.1) is 0 Å². The second-order valence-electron chi connectivity index (χ2n) is 3.21. The maximum Gasteiger partial charge on any atom is 0.294 e. The van der Waals surface area contributed by atoms with Crippen LogP contribution in [0.2, 0.25) is 5.02 Å². The third-order valence-electron chi connectivity index (χ3n) is 2.03. The first-order valence-corrected chi connectivity index (χ1v) is 5.06. The molecule has 0 unspecified atom stereocenters. The molecule has 8 nitrogen and oxygen atoms in total. The smallest absolute Gasteiger partial charge is 0.294 e. The van der Waals surface area contributed by atoms with E-state index in [4.69, 9.17) is 11.6 Å². The molecule has 9 heteroatoms. The average molecular weight is 268 g/mol. The van der Waals surface area contributed by atoms with E-state index in [2.05, 4.69) is 20.5 Å². The lowest BCUT2D eigenvalue weighted by Gasteiger charge is -2.04. The van der Waals surface area contributed by atoms with E-state index in [1.807, 2.05) is 0 Å². The summed E-state index contributed by atoms with van der Waals surface area (Å²) in [6.45, 7) is 0. The third kappa shape index (κ3) is 2.43. The van der Waals surface area contributed by atoms with Crippen LogP contribution in [-0.4, -0.2) is 26.0 Å². The van der Waals surface area contributed by atoms with Crippen LogP contribution in [0, 0.1) is 10.1 Å². The molecule has 0 spiro atoms. The van der Waals surface area contributed by atoms with E-state index in [1.54, 1.807) is 0 Å². The van der Waals surface area contributed by atoms with Crippen LogP contribution in [0.3, 0.4) is 0 Å². The lowest BCUT2D eigenvalue weighted by molar-refractivity contribution is -0.383. The molecule has 1 aromatic heterocycles. The molecule has 2 N–H and O–H groups in total. The number of benzene rings is 1. The molecule has 1 amide bonds. The summed E-state index contributed by atoms with van der Waals surface area (Å²) < 4.78 is 0. The Bertz CT molecular complexity index is 598. The van der Waals surface area contributed by atoms with Gasteiger partial charge in [0.25, 0.3) is 11.6 Å². The van der Waals surface area contributed by atoms with Crippen molar-refractivity contribution < 1.29 is 9.72 Å². The minimum Gasteiger partial charge on any atom is -0.313 e. The van der Waals surface area contributed by atoms with E-state index in [-0.39, 0.29) is 22.2 Å². The first kappa shape index (κ1) is 12.0. The summed E-state index contributed by atoms with van der Waals surface area (Å²) in [4.78, 5) is 25.4. The number of halogens is 1. The van der Waals surface area contributed by atoms with Crippen LogP contribution < -0.4 is 5.32 Å². The predicted octanol–water partition coefficient (Wildman–Crippen LogP) is 1.62. The second-order valence-corrected chi connectivity index (χ2v) is 3.64. The predicted molar refractivity (Wildman–Crippen MR) is 62.4 cm³/mol. The number of aromatic amines is 1. The molecule has 0 fully saturated rings. The molecule has 1 heterocycles. The molecule has 0 radical (unpaired) electrons. The third-order valence-corrected chi connectivity index (χ3v) is 2.27. The Morgan fingerprint density at radius 1 is 1.50 bits per heavy atom. The number of hydrogen-bond donors (Lipinski definition) is 2. The van der Waals surface area contributed by atoms with Gasteiger partial charge in [0.1, 0.15) is 12.0 Å². The van der Waals surface area contributed by atoms with Gasteiger partial charge in [-0.3, -0.25) is 20.0 Å². The molecule has 0 atom stereocenters. The highest BCUT2D eigenvalue weighted by Crippen LogP contribution is 2.27. The highest BCUT2D eigenvalue weighted by molar-refractivity contribution is 6.31. The standard InChI is InChI=1S/C9H6ClN5O3/c10-5-1-2-6(7(3-5)15(17)18)13-9(16)8-11-4-12-14-8/h1-4H,(H,13,16)(H,11,12,14). The highest BCUT2D eigenvalue weighted by Gasteiger charge is 2.18. The Balaban J connectivity index is 2.29. The fraction of sp³-hybridized carbons (Fsp3) is 0. The van der Waals surface area contributed by atoms with Crippen LogP contribution >= 0.6 is 11.6 Å². The van der Waals surface area contributed by atoms with Crippen molar-refractivity contribution in [3.8, 4) is 0 Å². The number of nitrogens with zero attached hydrogens (tertiary/aromatic N) is 3. The van der Waals surface area contributed by atoms with Crippen molar-refractivity contribution in [2.24, 2.45) is 0 Å². The summed E-state index contributed by atoms with van der Waals surface area (Å²) in [5, 5.41) is 19.2. The van der Waals surface area contributed by atoms with E-state index in [9.17, 15) is 14.9 Å². The van der Waals surface area contributed by atoms with E-state index in [0.717, 1.165) is 12.4 Å². The maximum atomic E-state index is 11.6. The van der Waals surface area contributed by atoms with Gasteiger partial charge in [-0.1, -0.05) is 11.6 Å². The first-order chi connectivity index (χ1) is 8.58. The lowest BCUT2D eigenvalue weighted by Crippen LogP contribution is -2.14. The first-order valence-electron chi connectivity index (χ1n) is 4.68. The van der Waals surface area contributed by atoms with Gasteiger partial charge in [0.15, 0.2) is 0 Å². The van der Waals surface area contributed by atoms with Gasteiger partial charge in [0, 0.05) is 11.1 Å². The number of nitro groups is 1. The number of rotatable bonds is 3. The fourth-order valence-electron chi connectivity index (χ4n) is 1.26. The lowest BCUT2D eigenvalue weighted by atomic mass is 10.2. The molecule has 0 saturated carbocycles. The number of hydrogen-bond acceptors (Lipinski definition) is 5. The van der Waals surface area contributed by atoms with Crippen LogP contribution in [0.4, 0.5) is 11.4 Å². The zero-order chi connectivity index (χ0) is 13.1. The normalized spacial score (nSPS) is 10.1. The topological polar surface area (TPSA) is 114 Å². The van der Waals surface area contributed by atoms with Crippen LogP contribution in [0.25, 0.3) is 0 Å². The summed E-state index contributed by atoms with van der Waals surface area (Å²) in [7, 11) is 0. The van der Waals surface area contributed by atoms with Crippen LogP contribution in [0.5, 0.6) is 0 Å². The molecule has 0 aliphatic carbocycles. The average Bonchev–Trinajstić information content (AvgIpc) is 2.84. The summed E-state index contributed by atoms with van der Waals surface area (Å²) in [6, 6.07) is 3.93. The Morgan fingerprint density at radius 3 is 2.89 bits per heavy atom. The molecule has 2 rings (SSSR count). The molecule has 0 aliphatic heterocycles. The second kappa shape index (κ2) is 4.80. The highest BCUT2D eigenvalue weighted by atomic mass is 35.5. The van der Waals surface area contributed by atoms with Gasteiger partial charge in [-0.05, 0) is 12.1 Å². The van der Waals surface area contributed by atoms with Crippen LogP contribution in [-0.2, 0) is 0 Å². The van der Waals surface area contributed by atoms with Gasteiger partial charge in [-0.2, -0.15) is 5.10 Å². The Labute approximate surface area is 105 Å². The van der Waals surface area contributed by atoms with Crippen molar-refractivity contribution in [1.29, 1.82) is 0 Å². The molecule has 2 aromatic rings. The van der Waals surface area contributed by atoms with Crippen molar-refractivity contribution >= 4 is 28.9 Å². The number of amides is 1. The molecule has 0 saturated heterocycles. The van der Waals surface area contributed by atoms with Crippen molar-refractivity contribution in [2.45, 2.75) is 0 Å². The monoisotopic (exact) mass is 267 g/mol. The minimum absolute atomic E-state index is 0.0331. The van der Waals surface area contributed by atoms with Gasteiger partial charge < -0.3 is 5.32 Å². The van der Waals surface area contributed by atoms with Crippen molar-refractivity contribution in [1.82, 2.24) is 15.2 Å². The number of nitro benzene ring substituents is 1. The SMILES string of the molecule is O=C(Nc1ccc(Cl)cc1[N+](=O)[O-])c1ncn[nH]1. The molecule has 0 bridgehead atoms. The maximum absolute atomic E-state index is 11.6. The molecule has 92 valence electrons. The Kier molecular flexibility index (Phi) is 3.20. The van der Waals surface area contributed by atoms with Crippen molar-refractivity contribution in [2.75, 3.05) is 5.32 Å². The number of aromatic nitrogens is 3. The van der Waals surface area contributed by atoms with Crippen LogP contribution in [0.15, 0.2) is 24.5 Å². The number of H-pyrrole nitrogens is 1. The number of nitrogens with one attached hydrogen (secondary N) is 2. The van der Waals surface area contributed by atoms with Crippen molar-refractivity contribution in [3.63, 3.8) is 0 Å². The summed E-state index contributed by atoms with van der Waals surface area (Å²) in [5.74, 6) is -0.669. The van der Waals surface area contributed by atoms with Gasteiger partial charge in [-0.25, -0.2) is 4.98 Å². The summed E-state index contributed by atoms with van der Waals surface area (Å²) >= 11 is 5.65. The van der Waals surface area contributed by atoms with Crippen molar-refractivity contribution in [3.05, 3.63) is 45.5 Å². The van der Waals surface area contributed by atoms with E-state index >= 15 is 0 Å². The van der Waals surface area contributed by atoms with E-state index in [0.29, 0.717) is 0 Å². The molecular formula is C9H6ClN5O3. The van der Waals surface area contributed by atoms with Gasteiger partial charge >= 0.3 is 0 Å². The van der Waals surface area contributed by atoms with Gasteiger partial charge in [0.05, 0.1) is 4.92 Å². The largest absolute Gasteiger partial charge is 0.313 e. The molecule has 1 aromatic carbocycles. The minimum atomic E-state index is -0.637. The zero-order valence-corrected chi connectivity index (χ0v) is 9.51. The fourth-order valence-corrected chi connectivity index (χ4v) is 1.42. The quantitative estimate of drug-likeness (QED) is 0.648. The zero-order valence-electron chi connectivity index (χ0n) is 8.75. The molecular weight excluding hydrogens is 262 g/mol. The number of carbonyl (C=O) groups excluding carboxylic acids is 1. The van der Waals surface area contributed by atoms with Gasteiger partial charge in [0.2, 0.25) is 5.82 Å². The summed E-state index contributed by atoms with van der Waals surface area (Å²) in [5.41, 5.74) is -0.263. The number of anilines is 1. The Hall–Kier alpha value is -2.48. The van der Waals surface area contributed by atoms with Crippen LogP contribution in [0.1, 0.15) is 10.6 Å². The number of carbonyl (C=O) groups is 1. The van der Waals surface area contributed by atoms with E-state index in [1.165, 1.54) is 12.1 Å². The Morgan fingerprint density at radius 2 is 2.28 bits per heavy atom. The summed E-state index contributed by atoms with van der Waals surface area (Å²) in [6.07, 6.45) is 1.16. The molecule has 0 aliphatic rings. The molecule has 18 heavy (non-hydrogen) atoms. The van der Waals surface area contributed by atoms with E-state index < -0.39 is 10.8 Å².